The van der Waals surface area contributed by atoms with E-state index in [0.717, 1.165) is 21.0 Å². The molecule has 4 nitrogen and oxygen atoms in total. The fourth-order valence-corrected chi connectivity index (χ4v) is 4.92. The van der Waals surface area contributed by atoms with Gasteiger partial charge in [0.2, 0.25) is 0 Å². The van der Waals surface area contributed by atoms with Gasteiger partial charge in [-0.05, 0) is 52.7 Å². The van der Waals surface area contributed by atoms with Crippen molar-refractivity contribution >= 4 is 43.1 Å². The molecule has 1 heterocycles. The molecular weight excluding hydrogens is 418 g/mol. The van der Waals surface area contributed by atoms with E-state index < -0.39 is 0 Å². The predicted octanol–water partition coefficient (Wildman–Crippen LogP) is 6.34. The third-order valence-corrected chi connectivity index (χ3v) is 6.52. The number of anilines is 1. The summed E-state index contributed by atoms with van der Waals surface area (Å²) in [5.74, 6) is 0.397. The van der Waals surface area contributed by atoms with Gasteiger partial charge in [-0.25, -0.2) is 0 Å². The molecule has 4 aromatic carbocycles. The lowest BCUT2D eigenvalue weighted by molar-refractivity contribution is 0.102. The molecule has 5 aromatic rings. The third-order valence-electron chi connectivity index (χ3n) is 5.44. The average molecular weight is 438 g/mol. The van der Waals surface area contributed by atoms with Crippen molar-refractivity contribution in [3.05, 3.63) is 107 Å². The molecule has 5 heteroatoms. The van der Waals surface area contributed by atoms with E-state index in [4.69, 9.17) is 4.74 Å². The maximum absolute atomic E-state index is 13.6. The second kappa shape index (κ2) is 8.29. The minimum atomic E-state index is -0.278. The first-order chi connectivity index (χ1) is 15.7. The summed E-state index contributed by atoms with van der Waals surface area (Å²) in [6.45, 7) is 0. The van der Waals surface area contributed by atoms with Gasteiger partial charge in [-0.15, -0.1) is 11.3 Å². The number of nitrogens with one attached hydrogen (secondary N) is 1. The van der Waals surface area contributed by atoms with Gasteiger partial charge in [-0.2, -0.15) is 0 Å². The van der Waals surface area contributed by atoms with Crippen LogP contribution in [-0.4, -0.2) is 13.0 Å². The van der Waals surface area contributed by atoms with Crippen molar-refractivity contribution in [1.29, 1.82) is 0 Å². The molecule has 0 saturated heterocycles. The van der Waals surface area contributed by atoms with Crippen molar-refractivity contribution in [2.75, 3.05) is 12.4 Å². The largest absolute Gasteiger partial charge is 0.497 e. The second-order valence-corrected chi connectivity index (χ2v) is 8.39. The summed E-state index contributed by atoms with van der Waals surface area (Å²) in [6, 6.07) is 28.2. The Balaban J connectivity index is 1.71. The Hall–Kier alpha value is -3.96. The monoisotopic (exact) mass is 437 g/mol. The van der Waals surface area contributed by atoms with Crippen LogP contribution < -0.4 is 15.5 Å². The summed E-state index contributed by atoms with van der Waals surface area (Å²) < 4.78 is 6.00. The van der Waals surface area contributed by atoms with Gasteiger partial charge >= 0.3 is 0 Å². The summed E-state index contributed by atoms with van der Waals surface area (Å²) in [4.78, 5) is 26.7. The van der Waals surface area contributed by atoms with E-state index in [-0.39, 0.29) is 11.3 Å². The molecule has 0 aliphatic carbocycles. The van der Waals surface area contributed by atoms with E-state index in [1.165, 1.54) is 11.3 Å². The lowest BCUT2D eigenvalue weighted by Gasteiger charge is -2.14. The number of benzene rings is 4. The van der Waals surface area contributed by atoms with Crippen LogP contribution in [0.4, 0.5) is 5.00 Å². The first-order valence-corrected chi connectivity index (χ1v) is 11.0. The molecule has 0 saturated carbocycles. The van der Waals surface area contributed by atoms with Gasteiger partial charge in [0.25, 0.3) is 5.91 Å². The van der Waals surface area contributed by atoms with Gasteiger partial charge in [-0.3, -0.25) is 9.59 Å². The molecule has 156 valence electrons. The molecule has 1 amide bonds. The number of hydrogen-bond acceptors (Lipinski definition) is 4. The first kappa shape index (κ1) is 20.0. The molecule has 0 fully saturated rings. The Morgan fingerprint density at radius 2 is 1.50 bits per heavy atom. The van der Waals surface area contributed by atoms with Gasteiger partial charge in [0, 0.05) is 15.6 Å². The zero-order valence-electron chi connectivity index (χ0n) is 17.3. The summed E-state index contributed by atoms with van der Waals surface area (Å²) in [6.07, 6.45) is 0. The normalized spacial score (nSPS) is 10.9. The Kier molecular flexibility index (Phi) is 5.17. The summed E-state index contributed by atoms with van der Waals surface area (Å²) in [5, 5.41) is 6.18. The van der Waals surface area contributed by atoms with Crippen LogP contribution in [0, 0.1) is 0 Å². The third kappa shape index (κ3) is 3.53. The molecule has 0 radical (unpaired) electrons. The second-order valence-electron chi connectivity index (χ2n) is 7.34. The van der Waals surface area contributed by atoms with Gasteiger partial charge in [0.05, 0.1) is 12.7 Å². The van der Waals surface area contributed by atoms with Gasteiger partial charge < -0.3 is 10.1 Å². The summed E-state index contributed by atoms with van der Waals surface area (Å²) >= 11 is 1.41. The molecule has 1 N–H and O–H groups in total. The zero-order valence-corrected chi connectivity index (χ0v) is 18.1. The molecule has 0 aliphatic rings. The highest BCUT2D eigenvalue weighted by atomic mass is 32.1. The van der Waals surface area contributed by atoms with Crippen LogP contribution in [0.1, 0.15) is 10.4 Å². The Morgan fingerprint density at radius 3 is 2.28 bits per heavy atom. The quantitative estimate of drug-likeness (QED) is 0.357. The maximum Gasteiger partial charge on any atom is 0.256 e. The van der Waals surface area contributed by atoms with Crippen LogP contribution in [0.25, 0.3) is 32.0 Å². The number of hydrogen-bond donors (Lipinski definition) is 1. The Morgan fingerprint density at radius 1 is 0.812 bits per heavy atom. The van der Waals surface area contributed by atoms with Crippen LogP contribution in [0.3, 0.4) is 0 Å². The maximum atomic E-state index is 13.6. The number of amides is 1. The minimum Gasteiger partial charge on any atom is -0.497 e. The standard InChI is InChI=1S/C27H19NO3S/c1-31-19-15-13-18(14-16-19)26(30)28-27-24(25(29)22-10-4-5-12-23(22)32-27)21-11-6-8-17-7-2-3-9-20(17)21/h2-16H,1H3,(H,28,30). The molecule has 1 aromatic heterocycles. The van der Waals surface area contributed by atoms with Gasteiger partial charge in [0.1, 0.15) is 10.8 Å². The van der Waals surface area contributed by atoms with Crippen LogP contribution in [0.5, 0.6) is 5.75 Å². The molecule has 0 bridgehead atoms. The summed E-state index contributed by atoms with van der Waals surface area (Å²) in [5.41, 5.74) is 1.70. The topological polar surface area (TPSA) is 55.4 Å². The number of rotatable bonds is 4. The summed E-state index contributed by atoms with van der Waals surface area (Å²) in [7, 11) is 1.58. The van der Waals surface area contributed by atoms with Crippen molar-refractivity contribution in [2.24, 2.45) is 0 Å². The fourth-order valence-electron chi connectivity index (χ4n) is 3.84. The van der Waals surface area contributed by atoms with Crippen LogP contribution in [0.15, 0.2) is 95.8 Å². The van der Waals surface area contributed by atoms with Crippen molar-refractivity contribution < 1.29 is 9.53 Å². The molecular formula is C27H19NO3S. The number of methoxy groups -OCH3 is 1. The van der Waals surface area contributed by atoms with E-state index in [0.29, 0.717) is 27.3 Å². The molecule has 0 atom stereocenters. The zero-order chi connectivity index (χ0) is 22.1. The van der Waals surface area contributed by atoms with Crippen LogP contribution >= 0.6 is 11.3 Å². The van der Waals surface area contributed by atoms with Crippen molar-refractivity contribution in [1.82, 2.24) is 0 Å². The van der Waals surface area contributed by atoms with Crippen molar-refractivity contribution in [2.45, 2.75) is 0 Å². The smallest absolute Gasteiger partial charge is 0.256 e. The number of carbonyl (C=O) groups excluding carboxylic acids is 1. The van der Waals surface area contributed by atoms with E-state index in [9.17, 15) is 9.59 Å². The SMILES string of the molecule is COc1ccc(C(=O)Nc2sc3ccccc3c(=O)c2-c2cccc3ccccc23)cc1. The number of ether oxygens (including phenoxy) is 1. The molecule has 32 heavy (non-hydrogen) atoms. The van der Waals surface area contributed by atoms with E-state index >= 15 is 0 Å². The highest BCUT2D eigenvalue weighted by Gasteiger charge is 2.19. The van der Waals surface area contributed by atoms with Gasteiger partial charge in [-0.1, -0.05) is 54.6 Å². The van der Waals surface area contributed by atoms with Gasteiger partial charge in [0.15, 0.2) is 5.43 Å². The van der Waals surface area contributed by atoms with Crippen LogP contribution in [0.2, 0.25) is 0 Å². The van der Waals surface area contributed by atoms with E-state index in [1.807, 2.05) is 66.7 Å². The highest BCUT2D eigenvalue weighted by Crippen LogP contribution is 2.37. The fraction of sp³-hybridized carbons (Fsp3) is 0.0370. The molecule has 0 aliphatic heterocycles. The van der Waals surface area contributed by atoms with Crippen LogP contribution in [-0.2, 0) is 0 Å². The molecule has 5 rings (SSSR count). The number of fused-ring (bicyclic) bond motifs is 2. The van der Waals surface area contributed by atoms with E-state index in [1.54, 1.807) is 31.4 Å². The Labute approximate surface area is 188 Å². The number of carbonyl (C=O) groups is 1. The average Bonchev–Trinajstić information content (AvgIpc) is 2.84. The molecule has 0 spiro atoms. The lowest BCUT2D eigenvalue weighted by atomic mass is 9.98. The lowest BCUT2D eigenvalue weighted by Crippen LogP contribution is -2.15. The first-order valence-electron chi connectivity index (χ1n) is 10.1. The Bertz CT molecular complexity index is 1520. The van der Waals surface area contributed by atoms with Crippen molar-refractivity contribution in [3.63, 3.8) is 0 Å². The molecule has 0 unspecified atom stereocenters. The van der Waals surface area contributed by atoms with E-state index in [2.05, 4.69) is 5.32 Å². The van der Waals surface area contributed by atoms with Crippen molar-refractivity contribution in [3.8, 4) is 16.9 Å². The predicted molar refractivity (Wildman–Crippen MR) is 132 cm³/mol. The highest BCUT2D eigenvalue weighted by molar-refractivity contribution is 7.22. The minimum absolute atomic E-state index is 0.0965.